The number of para-hydroxylation sites is 2. The summed E-state index contributed by atoms with van der Waals surface area (Å²) in [5.41, 5.74) is 2.90. The third kappa shape index (κ3) is 3.01. The number of carbonyl (C=O) groups excluding carboxylic acids is 1. The lowest BCUT2D eigenvalue weighted by molar-refractivity contribution is -0.121. The number of fused-ring (bicyclic) bond motifs is 1. The fraction of sp³-hybridized carbons (Fsp3) is 0.222. The molecule has 3 aromatic rings. The number of aromatic amines is 1. The lowest BCUT2D eigenvalue weighted by Gasteiger charge is -2.17. The molecule has 112 valence electrons. The molecule has 4 nitrogen and oxygen atoms in total. The SMILES string of the molecule is CCCC(=O)NC(c1ccccc1)c1nc2ccccc2[nH]1. The van der Waals surface area contributed by atoms with E-state index < -0.39 is 0 Å². The molecular weight excluding hydrogens is 274 g/mol. The van der Waals surface area contributed by atoms with E-state index in [4.69, 9.17) is 0 Å². The summed E-state index contributed by atoms with van der Waals surface area (Å²) in [6, 6.07) is 17.5. The van der Waals surface area contributed by atoms with Crippen molar-refractivity contribution in [2.45, 2.75) is 25.8 Å². The van der Waals surface area contributed by atoms with Gasteiger partial charge in [-0.3, -0.25) is 4.79 Å². The Bertz CT molecular complexity index is 731. The van der Waals surface area contributed by atoms with Gasteiger partial charge < -0.3 is 10.3 Å². The van der Waals surface area contributed by atoms with E-state index in [1.807, 2.05) is 61.5 Å². The Kier molecular flexibility index (Phi) is 4.19. The van der Waals surface area contributed by atoms with Gasteiger partial charge in [0.15, 0.2) is 0 Å². The molecule has 0 aliphatic rings. The minimum Gasteiger partial charge on any atom is -0.342 e. The van der Waals surface area contributed by atoms with Crippen LogP contribution in [0.5, 0.6) is 0 Å². The number of carbonyl (C=O) groups is 1. The van der Waals surface area contributed by atoms with Crippen LogP contribution in [-0.4, -0.2) is 15.9 Å². The predicted molar refractivity (Wildman–Crippen MR) is 87.4 cm³/mol. The van der Waals surface area contributed by atoms with Crippen molar-refractivity contribution in [3.8, 4) is 0 Å². The fourth-order valence-electron chi connectivity index (χ4n) is 2.52. The highest BCUT2D eigenvalue weighted by Crippen LogP contribution is 2.22. The second kappa shape index (κ2) is 6.43. The number of rotatable bonds is 5. The normalized spacial score (nSPS) is 12.2. The van der Waals surface area contributed by atoms with Crippen LogP contribution in [0, 0.1) is 0 Å². The molecule has 3 rings (SSSR count). The number of amides is 1. The van der Waals surface area contributed by atoms with Gasteiger partial charge in [0.2, 0.25) is 5.91 Å². The Morgan fingerprint density at radius 2 is 1.86 bits per heavy atom. The minimum absolute atomic E-state index is 0.0387. The van der Waals surface area contributed by atoms with Crippen LogP contribution in [-0.2, 0) is 4.79 Å². The molecule has 0 bridgehead atoms. The van der Waals surface area contributed by atoms with Gasteiger partial charge in [-0.1, -0.05) is 49.4 Å². The highest BCUT2D eigenvalue weighted by molar-refractivity contribution is 5.78. The molecule has 2 N–H and O–H groups in total. The van der Waals surface area contributed by atoms with Crippen LogP contribution in [0.3, 0.4) is 0 Å². The summed E-state index contributed by atoms with van der Waals surface area (Å²) in [4.78, 5) is 20.0. The van der Waals surface area contributed by atoms with Gasteiger partial charge in [0, 0.05) is 6.42 Å². The number of aromatic nitrogens is 2. The number of H-pyrrole nitrogens is 1. The molecule has 0 aliphatic heterocycles. The van der Waals surface area contributed by atoms with Gasteiger partial charge >= 0.3 is 0 Å². The largest absolute Gasteiger partial charge is 0.342 e. The highest BCUT2D eigenvalue weighted by Gasteiger charge is 2.19. The summed E-state index contributed by atoms with van der Waals surface area (Å²) in [6.45, 7) is 2.00. The molecule has 4 heteroatoms. The van der Waals surface area contributed by atoms with Gasteiger partial charge in [0.1, 0.15) is 11.9 Å². The number of nitrogens with one attached hydrogen (secondary N) is 2. The number of imidazole rings is 1. The maximum absolute atomic E-state index is 12.1. The van der Waals surface area contributed by atoms with E-state index in [1.165, 1.54) is 0 Å². The van der Waals surface area contributed by atoms with E-state index in [9.17, 15) is 4.79 Å². The Labute approximate surface area is 129 Å². The third-order valence-electron chi connectivity index (χ3n) is 3.60. The Hall–Kier alpha value is -2.62. The Morgan fingerprint density at radius 1 is 1.14 bits per heavy atom. The van der Waals surface area contributed by atoms with Crippen molar-refractivity contribution in [3.63, 3.8) is 0 Å². The van der Waals surface area contributed by atoms with Crippen molar-refractivity contribution in [2.24, 2.45) is 0 Å². The van der Waals surface area contributed by atoms with E-state index in [2.05, 4.69) is 15.3 Å². The second-order valence-corrected chi connectivity index (χ2v) is 5.30. The quantitative estimate of drug-likeness (QED) is 0.755. The van der Waals surface area contributed by atoms with Gasteiger partial charge in [-0.05, 0) is 24.1 Å². The van der Waals surface area contributed by atoms with Gasteiger partial charge in [-0.25, -0.2) is 4.98 Å². The zero-order chi connectivity index (χ0) is 15.4. The smallest absolute Gasteiger partial charge is 0.220 e. The standard InChI is InChI=1S/C18H19N3O/c1-2-8-16(22)21-17(13-9-4-3-5-10-13)18-19-14-11-6-7-12-15(14)20-18/h3-7,9-12,17H,2,8H2,1H3,(H,19,20)(H,21,22). The summed E-state index contributed by atoms with van der Waals surface area (Å²) in [5, 5.41) is 3.08. The van der Waals surface area contributed by atoms with Gasteiger partial charge in [-0.15, -0.1) is 0 Å². The van der Waals surface area contributed by atoms with E-state index in [0.29, 0.717) is 6.42 Å². The summed E-state index contributed by atoms with van der Waals surface area (Å²) in [6.07, 6.45) is 1.34. The van der Waals surface area contributed by atoms with Gasteiger partial charge in [0.05, 0.1) is 11.0 Å². The summed E-state index contributed by atoms with van der Waals surface area (Å²) >= 11 is 0. The van der Waals surface area contributed by atoms with Crippen LogP contribution in [0.2, 0.25) is 0 Å². The zero-order valence-electron chi connectivity index (χ0n) is 12.5. The first-order valence-electron chi connectivity index (χ1n) is 7.57. The van der Waals surface area contributed by atoms with Crippen LogP contribution in [0.15, 0.2) is 54.6 Å². The molecule has 0 fully saturated rings. The molecule has 0 saturated heterocycles. The lowest BCUT2D eigenvalue weighted by atomic mass is 10.1. The van der Waals surface area contributed by atoms with E-state index >= 15 is 0 Å². The van der Waals surface area contributed by atoms with Crippen LogP contribution < -0.4 is 5.32 Å². The third-order valence-corrected chi connectivity index (χ3v) is 3.60. The van der Waals surface area contributed by atoms with Crippen molar-refractivity contribution >= 4 is 16.9 Å². The topological polar surface area (TPSA) is 57.8 Å². The maximum atomic E-state index is 12.1. The molecule has 0 saturated carbocycles. The van der Waals surface area contributed by atoms with Crippen molar-refractivity contribution in [3.05, 3.63) is 66.0 Å². The highest BCUT2D eigenvalue weighted by atomic mass is 16.1. The molecule has 1 unspecified atom stereocenters. The Morgan fingerprint density at radius 3 is 2.59 bits per heavy atom. The van der Waals surface area contributed by atoms with Crippen molar-refractivity contribution < 1.29 is 4.79 Å². The Balaban J connectivity index is 1.98. The molecule has 1 atom stereocenters. The predicted octanol–water partition coefficient (Wildman–Crippen LogP) is 3.57. The summed E-state index contributed by atoms with van der Waals surface area (Å²) in [5.74, 6) is 0.800. The van der Waals surface area contributed by atoms with E-state index in [1.54, 1.807) is 0 Å². The molecular formula is C18H19N3O. The lowest BCUT2D eigenvalue weighted by Crippen LogP contribution is -2.29. The molecule has 0 spiro atoms. The molecule has 1 aromatic heterocycles. The average Bonchev–Trinajstić information content (AvgIpc) is 2.97. The molecule has 1 amide bonds. The van der Waals surface area contributed by atoms with E-state index in [-0.39, 0.29) is 11.9 Å². The zero-order valence-corrected chi connectivity index (χ0v) is 12.5. The monoisotopic (exact) mass is 293 g/mol. The van der Waals surface area contributed by atoms with Crippen molar-refractivity contribution in [1.29, 1.82) is 0 Å². The van der Waals surface area contributed by atoms with Crippen LogP contribution in [0.1, 0.15) is 37.2 Å². The number of benzene rings is 2. The molecule has 22 heavy (non-hydrogen) atoms. The number of hydrogen-bond donors (Lipinski definition) is 2. The van der Waals surface area contributed by atoms with Crippen molar-refractivity contribution in [2.75, 3.05) is 0 Å². The summed E-state index contributed by atoms with van der Waals surface area (Å²) in [7, 11) is 0. The number of nitrogens with zero attached hydrogens (tertiary/aromatic N) is 1. The number of hydrogen-bond acceptors (Lipinski definition) is 2. The van der Waals surface area contributed by atoms with Crippen LogP contribution >= 0.6 is 0 Å². The van der Waals surface area contributed by atoms with Crippen LogP contribution in [0.25, 0.3) is 11.0 Å². The van der Waals surface area contributed by atoms with Crippen molar-refractivity contribution in [1.82, 2.24) is 15.3 Å². The first-order chi connectivity index (χ1) is 10.8. The second-order valence-electron chi connectivity index (χ2n) is 5.30. The first-order valence-corrected chi connectivity index (χ1v) is 7.57. The van der Waals surface area contributed by atoms with Gasteiger partial charge in [0.25, 0.3) is 0 Å². The molecule has 0 radical (unpaired) electrons. The first kappa shape index (κ1) is 14.3. The minimum atomic E-state index is -0.257. The molecule has 1 heterocycles. The average molecular weight is 293 g/mol. The molecule has 2 aromatic carbocycles. The fourth-order valence-corrected chi connectivity index (χ4v) is 2.52. The van der Waals surface area contributed by atoms with Crippen LogP contribution in [0.4, 0.5) is 0 Å². The molecule has 0 aliphatic carbocycles. The summed E-state index contributed by atoms with van der Waals surface area (Å²) < 4.78 is 0. The van der Waals surface area contributed by atoms with Gasteiger partial charge in [-0.2, -0.15) is 0 Å². The maximum Gasteiger partial charge on any atom is 0.220 e. The van der Waals surface area contributed by atoms with E-state index in [0.717, 1.165) is 28.8 Å².